The summed E-state index contributed by atoms with van der Waals surface area (Å²) >= 11 is 0. The van der Waals surface area contributed by atoms with Crippen LogP contribution in [0, 0.1) is 0 Å². The average Bonchev–Trinajstić information content (AvgIpc) is 2.53. The van der Waals surface area contributed by atoms with Crippen molar-refractivity contribution in [2.45, 2.75) is 19.3 Å². The molecular weight excluding hydrogens is 356 g/mol. The van der Waals surface area contributed by atoms with Crippen LogP contribution in [0.4, 0.5) is 26.3 Å². The molecule has 0 N–H and O–H groups in total. The monoisotopic (exact) mass is 365 g/mol. The summed E-state index contributed by atoms with van der Waals surface area (Å²) < 4.78 is 80.6. The molecule has 0 atom stereocenters. The lowest BCUT2D eigenvalue weighted by atomic mass is 10.1. The summed E-state index contributed by atoms with van der Waals surface area (Å²) in [6.07, 6.45) is -8.33. The van der Waals surface area contributed by atoms with Gasteiger partial charge in [0.05, 0.1) is 12.3 Å². The van der Waals surface area contributed by atoms with E-state index >= 15 is 0 Å². The van der Waals surface area contributed by atoms with Crippen LogP contribution in [0.2, 0.25) is 0 Å². The summed E-state index contributed by atoms with van der Waals surface area (Å²) in [4.78, 5) is 21.3. The second-order valence-corrected chi connectivity index (χ2v) is 4.60. The Labute approximate surface area is 136 Å². The number of ether oxygens (including phenoxy) is 1. The van der Waals surface area contributed by atoms with Crippen molar-refractivity contribution >= 4 is 5.97 Å². The summed E-state index contributed by atoms with van der Waals surface area (Å²) in [5.41, 5.74) is -2.40. The summed E-state index contributed by atoms with van der Waals surface area (Å²) in [6.45, 7) is 1.41. The van der Waals surface area contributed by atoms with Gasteiger partial charge in [0.1, 0.15) is 11.3 Å². The maximum atomic E-state index is 12.8. The second-order valence-electron chi connectivity index (χ2n) is 4.60. The van der Waals surface area contributed by atoms with Gasteiger partial charge in [-0.2, -0.15) is 26.3 Å². The largest absolute Gasteiger partial charge is 0.462 e. The number of hydrogen-bond acceptors (Lipinski definition) is 5. The molecule has 134 valence electrons. The first-order valence-corrected chi connectivity index (χ1v) is 6.69. The number of esters is 1. The highest BCUT2D eigenvalue weighted by Crippen LogP contribution is 2.31. The Kier molecular flexibility index (Phi) is 4.95. The predicted molar refractivity (Wildman–Crippen MR) is 71.2 cm³/mol. The fourth-order valence-corrected chi connectivity index (χ4v) is 1.80. The first kappa shape index (κ1) is 18.6. The molecule has 0 aromatic carbocycles. The highest BCUT2D eigenvalue weighted by atomic mass is 19.4. The molecule has 0 spiro atoms. The lowest BCUT2D eigenvalue weighted by molar-refractivity contribution is -0.145. The molecule has 0 saturated carbocycles. The van der Waals surface area contributed by atoms with E-state index in [9.17, 15) is 31.1 Å². The molecule has 0 bridgehead atoms. The minimum Gasteiger partial charge on any atom is -0.462 e. The van der Waals surface area contributed by atoms with Crippen molar-refractivity contribution < 1.29 is 35.9 Å². The van der Waals surface area contributed by atoms with E-state index in [0.717, 1.165) is 6.07 Å². The van der Waals surface area contributed by atoms with E-state index in [1.165, 1.54) is 6.92 Å². The van der Waals surface area contributed by atoms with Gasteiger partial charge in [-0.1, -0.05) is 0 Å². The zero-order valence-corrected chi connectivity index (χ0v) is 12.4. The predicted octanol–water partition coefficient (Wildman–Crippen LogP) is 3.75. The van der Waals surface area contributed by atoms with Crippen LogP contribution in [0.1, 0.15) is 28.8 Å². The smallest absolute Gasteiger partial charge is 0.451 e. The van der Waals surface area contributed by atoms with Crippen molar-refractivity contribution in [2.75, 3.05) is 6.61 Å². The third-order valence-electron chi connectivity index (χ3n) is 2.87. The quantitative estimate of drug-likeness (QED) is 0.612. The summed E-state index contributed by atoms with van der Waals surface area (Å²) in [6, 6.07) is 1.43. The van der Waals surface area contributed by atoms with E-state index in [1.54, 1.807) is 0 Å². The van der Waals surface area contributed by atoms with Crippen LogP contribution in [-0.4, -0.2) is 27.5 Å². The molecular formula is C14H9F6N3O2. The van der Waals surface area contributed by atoms with Gasteiger partial charge < -0.3 is 4.74 Å². The van der Waals surface area contributed by atoms with Crippen LogP contribution in [-0.2, 0) is 17.1 Å². The van der Waals surface area contributed by atoms with Gasteiger partial charge >= 0.3 is 18.3 Å². The number of nitrogens with zero attached hydrogens (tertiary/aromatic N) is 3. The standard InChI is InChI=1S/C14H9F6N3O2/c1-2-25-11(24)8-6-22-12(14(18,19)20)23-10(8)7-3-4-9(21-5-7)13(15,16)17/h3-6H,2H2,1H3. The zero-order valence-electron chi connectivity index (χ0n) is 12.4. The van der Waals surface area contributed by atoms with Crippen molar-refractivity contribution in [2.24, 2.45) is 0 Å². The molecule has 2 heterocycles. The molecule has 0 saturated heterocycles. The Morgan fingerprint density at radius 2 is 1.72 bits per heavy atom. The Balaban J connectivity index is 2.57. The average molecular weight is 365 g/mol. The van der Waals surface area contributed by atoms with Crippen LogP contribution >= 0.6 is 0 Å². The van der Waals surface area contributed by atoms with E-state index in [4.69, 9.17) is 4.74 Å². The van der Waals surface area contributed by atoms with Crippen LogP contribution in [0.5, 0.6) is 0 Å². The van der Waals surface area contributed by atoms with Crippen LogP contribution < -0.4 is 0 Å². The Morgan fingerprint density at radius 1 is 1.04 bits per heavy atom. The van der Waals surface area contributed by atoms with Crippen LogP contribution in [0.15, 0.2) is 24.5 Å². The zero-order chi connectivity index (χ0) is 18.8. The number of carbonyl (C=O) groups is 1. The van der Waals surface area contributed by atoms with Crippen molar-refractivity contribution in [1.82, 2.24) is 15.0 Å². The summed E-state index contributed by atoms with van der Waals surface area (Å²) in [7, 11) is 0. The number of aromatic nitrogens is 3. The number of alkyl halides is 6. The van der Waals surface area contributed by atoms with Gasteiger partial charge in [-0.05, 0) is 19.1 Å². The minimum atomic E-state index is -4.90. The van der Waals surface area contributed by atoms with Crippen molar-refractivity contribution in [3.05, 3.63) is 41.6 Å². The van der Waals surface area contributed by atoms with Gasteiger partial charge in [0.2, 0.25) is 5.82 Å². The third kappa shape index (κ3) is 4.22. The normalized spacial score (nSPS) is 12.1. The maximum absolute atomic E-state index is 12.8. The molecule has 5 nitrogen and oxygen atoms in total. The summed E-state index contributed by atoms with van der Waals surface area (Å²) in [5.74, 6) is -2.55. The van der Waals surface area contributed by atoms with Crippen LogP contribution in [0.25, 0.3) is 11.3 Å². The highest BCUT2D eigenvalue weighted by Gasteiger charge is 2.36. The topological polar surface area (TPSA) is 65.0 Å². The minimum absolute atomic E-state index is 0.0649. The fraction of sp³-hybridized carbons (Fsp3) is 0.286. The molecule has 0 aliphatic carbocycles. The molecule has 2 rings (SSSR count). The molecule has 0 aliphatic rings. The summed E-state index contributed by atoms with van der Waals surface area (Å²) in [5, 5.41) is 0. The van der Waals surface area contributed by atoms with E-state index in [1.807, 2.05) is 0 Å². The van der Waals surface area contributed by atoms with E-state index in [-0.39, 0.29) is 12.2 Å². The molecule has 2 aromatic rings. The van der Waals surface area contributed by atoms with Gasteiger partial charge in [0.15, 0.2) is 0 Å². The molecule has 2 aromatic heterocycles. The van der Waals surface area contributed by atoms with E-state index < -0.39 is 41.1 Å². The highest BCUT2D eigenvalue weighted by molar-refractivity contribution is 5.95. The van der Waals surface area contributed by atoms with Gasteiger partial charge in [0, 0.05) is 18.0 Å². The van der Waals surface area contributed by atoms with Gasteiger partial charge in [0.25, 0.3) is 0 Å². The van der Waals surface area contributed by atoms with E-state index in [0.29, 0.717) is 18.5 Å². The molecule has 11 heteroatoms. The van der Waals surface area contributed by atoms with Gasteiger partial charge in [-0.25, -0.2) is 14.8 Å². The molecule has 25 heavy (non-hydrogen) atoms. The van der Waals surface area contributed by atoms with Crippen molar-refractivity contribution in [3.63, 3.8) is 0 Å². The van der Waals surface area contributed by atoms with E-state index in [2.05, 4.69) is 15.0 Å². The lowest BCUT2D eigenvalue weighted by Gasteiger charge is -2.12. The molecule has 0 aliphatic heterocycles. The molecule has 0 amide bonds. The maximum Gasteiger partial charge on any atom is 0.451 e. The van der Waals surface area contributed by atoms with Crippen molar-refractivity contribution in [1.29, 1.82) is 0 Å². The number of halogens is 6. The number of pyridine rings is 1. The molecule has 0 fully saturated rings. The number of rotatable bonds is 3. The second kappa shape index (κ2) is 6.65. The Bertz CT molecular complexity index is 772. The van der Waals surface area contributed by atoms with Gasteiger partial charge in [-0.3, -0.25) is 4.98 Å². The number of hydrogen-bond donors (Lipinski definition) is 0. The van der Waals surface area contributed by atoms with Crippen molar-refractivity contribution in [3.8, 4) is 11.3 Å². The molecule has 0 radical (unpaired) electrons. The SMILES string of the molecule is CCOC(=O)c1cnc(C(F)(F)F)nc1-c1ccc(C(F)(F)F)nc1. The molecule has 0 unspecified atom stereocenters. The number of carbonyl (C=O) groups excluding carboxylic acids is 1. The third-order valence-corrected chi connectivity index (χ3v) is 2.87. The first-order valence-electron chi connectivity index (χ1n) is 6.69. The Morgan fingerprint density at radius 3 is 2.20 bits per heavy atom. The Hall–Kier alpha value is -2.72. The van der Waals surface area contributed by atoms with Crippen LogP contribution in [0.3, 0.4) is 0 Å². The first-order chi connectivity index (χ1) is 11.5. The lowest BCUT2D eigenvalue weighted by Crippen LogP contribution is -2.16. The van der Waals surface area contributed by atoms with Gasteiger partial charge in [-0.15, -0.1) is 0 Å². The fourth-order valence-electron chi connectivity index (χ4n) is 1.80.